The molecule has 8 heteroatoms. The molecule has 0 spiro atoms. The van der Waals surface area contributed by atoms with Crippen LogP contribution in [0.15, 0.2) is 48.8 Å². The molecule has 0 fully saturated rings. The molecule has 4 aromatic rings. The van der Waals surface area contributed by atoms with Crippen LogP contribution in [-0.4, -0.2) is 19.8 Å². The molecule has 0 saturated heterocycles. The number of non-ortho nitro benzene ring substituents is 2. The first-order valence-electron chi connectivity index (χ1n) is 9.02. The van der Waals surface area contributed by atoms with Gasteiger partial charge in [-0.25, -0.2) is 0 Å². The molecule has 0 radical (unpaired) electrons. The van der Waals surface area contributed by atoms with Gasteiger partial charge >= 0.3 is 0 Å². The van der Waals surface area contributed by atoms with Gasteiger partial charge in [-0.15, -0.1) is 0 Å². The molecular formula is C20H18N4O4. The maximum absolute atomic E-state index is 11.0. The standard InChI is InChI=1S/C20H18N4O4/c25-23(26)15-5-7-19-17(9-15)13(11-21-19)3-1-2-4-14-12-22-20-8-6-16(24(27)28)10-18(14)20/h5-12,21-22H,1-4H2. The van der Waals surface area contributed by atoms with Crippen molar-refractivity contribution >= 4 is 33.2 Å². The van der Waals surface area contributed by atoms with E-state index in [4.69, 9.17) is 0 Å². The van der Waals surface area contributed by atoms with Crippen molar-refractivity contribution in [2.75, 3.05) is 0 Å². The minimum atomic E-state index is -0.383. The summed E-state index contributed by atoms with van der Waals surface area (Å²) < 4.78 is 0. The summed E-state index contributed by atoms with van der Waals surface area (Å²) in [5.74, 6) is 0. The van der Waals surface area contributed by atoms with Crippen molar-refractivity contribution in [2.45, 2.75) is 25.7 Å². The van der Waals surface area contributed by atoms with Gasteiger partial charge in [0.15, 0.2) is 0 Å². The van der Waals surface area contributed by atoms with Crippen molar-refractivity contribution in [3.8, 4) is 0 Å². The van der Waals surface area contributed by atoms with Crippen LogP contribution in [-0.2, 0) is 12.8 Å². The average molecular weight is 378 g/mol. The van der Waals surface area contributed by atoms with E-state index in [2.05, 4.69) is 9.97 Å². The van der Waals surface area contributed by atoms with E-state index in [-0.39, 0.29) is 21.2 Å². The molecule has 0 atom stereocenters. The number of nitro groups is 2. The number of nitrogens with one attached hydrogen (secondary N) is 2. The zero-order valence-corrected chi connectivity index (χ0v) is 15.0. The number of fused-ring (bicyclic) bond motifs is 2. The van der Waals surface area contributed by atoms with E-state index in [0.29, 0.717) is 0 Å². The summed E-state index contributed by atoms with van der Waals surface area (Å²) in [7, 11) is 0. The molecule has 28 heavy (non-hydrogen) atoms. The Kier molecular flexibility index (Phi) is 4.52. The highest BCUT2D eigenvalue weighted by atomic mass is 16.6. The normalized spacial score (nSPS) is 11.3. The number of unbranched alkanes of at least 4 members (excludes halogenated alkanes) is 1. The lowest BCUT2D eigenvalue weighted by atomic mass is 10.0. The van der Waals surface area contributed by atoms with Crippen LogP contribution in [0.1, 0.15) is 24.0 Å². The largest absolute Gasteiger partial charge is 0.361 e. The molecule has 2 N–H and O–H groups in total. The lowest BCUT2D eigenvalue weighted by Gasteiger charge is -2.02. The predicted octanol–water partition coefficient (Wildman–Crippen LogP) is 5.03. The summed E-state index contributed by atoms with van der Waals surface area (Å²) in [4.78, 5) is 27.5. The molecule has 0 unspecified atom stereocenters. The summed E-state index contributed by atoms with van der Waals surface area (Å²) in [5.41, 5.74) is 4.10. The van der Waals surface area contributed by atoms with Crippen LogP contribution < -0.4 is 0 Å². The smallest absolute Gasteiger partial charge is 0.270 e. The summed E-state index contributed by atoms with van der Waals surface area (Å²) >= 11 is 0. The maximum atomic E-state index is 11.0. The quantitative estimate of drug-likeness (QED) is 0.266. The lowest BCUT2D eigenvalue weighted by Crippen LogP contribution is -1.90. The molecule has 2 aromatic heterocycles. The van der Waals surface area contributed by atoms with Crippen LogP contribution in [0.25, 0.3) is 21.8 Å². The minimum Gasteiger partial charge on any atom is -0.361 e. The van der Waals surface area contributed by atoms with Crippen LogP contribution in [0.5, 0.6) is 0 Å². The van der Waals surface area contributed by atoms with E-state index in [0.717, 1.165) is 58.6 Å². The Bertz CT molecular complexity index is 1100. The van der Waals surface area contributed by atoms with Crippen molar-refractivity contribution in [2.24, 2.45) is 0 Å². The van der Waals surface area contributed by atoms with E-state index in [1.54, 1.807) is 24.3 Å². The van der Waals surface area contributed by atoms with Gasteiger partial charge in [-0.05, 0) is 48.9 Å². The summed E-state index contributed by atoms with van der Waals surface area (Å²) in [6.45, 7) is 0. The van der Waals surface area contributed by atoms with E-state index in [1.807, 2.05) is 12.4 Å². The van der Waals surface area contributed by atoms with Gasteiger partial charge in [-0.3, -0.25) is 20.2 Å². The lowest BCUT2D eigenvalue weighted by molar-refractivity contribution is -0.384. The molecule has 0 amide bonds. The zero-order valence-electron chi connectivity index (χ0n) is 15.0. The molecule has 2 aromatic carbocycles. The van der Waals surface area contributed by atoms with E-state index in [1.165, 1.54) is 12.1 Å². The maximum Gasteiger partial charge on any atom is 0.270 e. The Hall–Kier alpha value is -3.68. The van der Waals surface area contributed by atoms with Crippen LogP contribution >= 0.6 is 0 Å². The summed E-state index contributed by atoms with van der Waals surface area (Å²) in [5, 5.41) is 23.8. The van der Waals surface area contributed by atoms with E-state index in [9.17, 15) is 20.2 Å². The van der Waals surface area contributed by atoms with E-state index < -0.39 is 0 Å². The molecule has 0 aliphatic rings. The molecule has 0 aliphatic carbocycles. The molecule has 0 saturated carbocycles. The number of benzene rings is 2. The number of H-pyrrole nitrogens is 2. The summed E-state index contributed by atoms with van der Waals surface area (Å²) in [6.07, 6.45) is 7.26. The van der Waals surface area contributed by atoms with Gasteiger partial charge in [-0.1, -0.05) is 0 Å². The van der Waals surface area contributed by atoms with Gasteiger partial charge in [-0.2, -0.15) is 0 Å². The first-order valence-corrected chi connectivity index (χ1v) is 9.02. The zero-order chi connectivity index (χ0) is 19.7. The number of hydrogen-bond donors (Lipinski definition) is 2. The third kappa shape index (κ3) is 3.32. The van der Waals surface area contributed by atoms with Gasteiger partial charge in [0.2, 0.25) is 0 Å². The fourth-order valence-corrected chi connectivity index (χ4v) is 3.60. The van der Waals surface area contributed by atoms with Crippen LogP contribution in [0.2, 0.25) is 0 Å². The van der Waals surface area contributed by atoms with Gasteiger partial charge in [0.1, 0.15) is 0 Å². The van der Waals surface area contributed by atoms with Crippen molar-refractivity contribution in [3.63, 3.8) is 0 Å². The number of rotatable bonds is 7. The minimum absolute atomic E-state index is 0.0914. The van der Waals surface area contributed by atoms with Crippen LogP contribution in [0.4, 0.5) is 11.4 Å². The molecule has 0 aliphatic heterocycles. The second-order valence-electron chi connectivity index (χ2n) is 6.81. The van der Waals surface area contributed by atoms with Gasteiger partial charge in [0.05, 0.1) is 9.85 Å². The Morgan fingerprint density at radius 2 is 1.14 bits per heavy atom. The SMILES string of the molecule is O=[N+]([O-])c1ccc2[nH]cc(CCCCc3c[nH]c4ccc([N+](=O)[O-])cc34)c2c1. The fourth-order valence-electron chi connectivity index (χ4n) is 3.60. The third-order valence-electron chi connectivity index (χ3n) is 5.07. The number of aryl methyl sites for hydroxylation is 2. The van der Waals surface area contributed by atoms with E-state index >= 15 is 0 Å². The predicted molar refractivity (Wildman–Crippen MR) is 107 cm³/mol. The highest BCUT2D eigenvalue weighted by Gasteiger charge is 2.12. The highest BCUT2D eigenvalue weighted by molar-refractivity contribution is 5.86. The second kappa shape index (κ2) is 7.15. The van der Waals surface area contributed by atoms with Gasteiger partial charge < -0.3 is 9.97 Å². The monoisotopic (exact) mass is 378 g/mol. The van der Waals surface area contributed by atoms with Crippen LogP contribution in [0, 0.1) is 20.2 Å². The Balaban J connectivity index is 1.44. The number of hydrogen-bond acceptors (Lipinski definition) is 4. The Morgan fingerprint density at radius 1 is 0.714 bits per heavy atom. The van der Waals surface area contributed by atoms with Crippen molar-refractivity contribution in [3.05, 3.63) is 80.1 Å². The average Bonchev–Trinajstić information content (AvgIpc) is 3.28. The first kappa shape index (κ1) is 17.7. The number of aromatic nitrogens is 2. The fraction of sp³-hybridized carbons (Fsp3) is 0.200. The summed E-state index contributed by atoms with van der Waals surface area (Å²) in [6, 6.07) is 9.68. The molecule has 8 nitrogen and oxygen atoms in total. The first-order chi connectivity index (χ1) is 13.5. The molecule has 2 heterocycles. The molecule has 4 rings (SSSR count). The topological polar surface area (TPSA) is 118 Å². The third-order valence-corrected chi connectivity index (χ3v) is 5.07. The van der Waals surface area contributed by atoms with Crippen molar-refractivity contribution in [1.82, 2.24) is 9.97 Å². The number of nitro benzene ring substituents is 2. The highest BCUT2D eigenvalue weighted by Crippen LogP contribution is 2.27. The van der Waals surface area contributed by atoms with Crippen molar-refractivity contribution in [1.29, 1.82) is 0 Å². The van der Waals surface area contributed by atoms with Crippen LogP contribution in [0.3, 0.4) is 0 Å². The second-order valence-corrected chi connectivity index (χ2v) is 6.81. The molecule has 0 bridgehead atoms. The molecule has 142 valence electrons. The van der Waals surface area contributed by atoms with Gasteiger partial charge in [0, 0.05) is 58.5 Å². The Labute approximate surface area is 159 Å². The Morgan fingerprint density at radius 3 is 1.54 bits per heavy atom. The van der Waals surface area contributed by atoms with Gasteiger partial charge in [0.25, 0.3) is 11.4 Å². The molecular weight excluding hydrogens is 360 g/mol. The van der Waals surface area contributed by atoms with Crippen molar-refractivity contribution < 1.29 is 9.85 Å². The number of nitrogens with zero attached hydrogens (tertiary/aromatic N) is 2. The number of aromatic amines is 2.